The molecule has 5 heteroatoms. The second-order valence-corrected chi connectivity index (χ2v) is 5.69. The van der Waals surface area contributed by atoms with Gasteiger partial charge in [-0.2, -0.15) is 0 Å². The van der Waals surface area contributed by atoms with Gasteiger partial charge in [0.1, 0.15) is 17.5 Å². The Hall–Kier alpha value is -1.36. The topological polar surface area (TPSA) is 53.1 Å². The van der Waals surface area contributed by atoms with Crippen molar-refractivity contribution in [2.45, 2.75) is 53.0 Å². The van der Waals surface area contributed by atoms with E-state index >= 15 is 0 Å². The van der Waals surface area contributed by atoms with Gasteiger partial charge in [-0.1, -0.05) is 13.8 Å². The summed E-state index contributed by atoms with van der Waals surface area (Å²) in [7, 11) is 2.16. The minimum atomic E-state index is 0.598. The highest BCUT2D eigenvalue weighted by Gasteiger charge is 2.04. The van der Waals surface area contributed by atoms with Gasteiger partial charge in [0.05, 0.1) is 0 Å². The number of anilines is 2. The third kappa shape index (κ3) is 6.76. The first-order chi connectivity index (χ1) is 10.1. The summed E-state index contributed by atoms with van der Waals surface area (Å²) in [4.78, 5) is 11.4. The summed E-state index contributed by atoms with van der Waals surface area (Å²) >= 11 is 0. The summed E-state index contributed by atoms with van der Waals surface area (Å²) in [6, 6.07) is 2.60. The number of rotatable bonds is 10. The molecule has 0 saturated heterocycles. The highest BCUT2D eigenvalue weighted by Crippen LogP contribution is 2.12. The van der Waals surface area contributed by atoms with Crippen LogP contribution in [0, 0.1) is 0 Å². The molecule has 1 aromatic rings. The highest BCUT2D eigenvalue weighted by molar-refractivity contribution is 5.47. The van der Waals surface area contributed by atoms with Gasteiger partial charge >= 0.3 is 0 Å². The van der Waals surface area contributed by atoms with Crippen LogP contribution in [0.3, 0.4) is 0 Å². The Kier molecular flexibility index (Phi) is 8.05. The molecule has 0 aromatic carbocycles. The minimum absolute atomic E-state index is 0.598. The molecule has 0 unspecified atom stereocenters. The summed E-state index contributed by atoms with van der Waals surface area (Å²) in [6.45, 7) is 11.6. The van der Waals surface area contributed by atoms with Crippen LogP contribution in [0.2, 0.25) is 0 Å². The van der Waals surface area contributed by atoms with Crippen molar-refractivity contribution in [3.8, 4) is 0 Å². The van der Waals surface area contributed by atoms with Crippen LogP contribution in [0.5, 0.6) is 0 Å². The van der Waals surface area contributed by atoms with Crippen molar-refractivity contribution in [2.24, 2.45) is 0 Å². The van der Waals surface area contributed by atoms with Crippen LogP contribution in [0.1, 0.15) is 46.4 Å². The Balaban J connectivity index is 2.49. The van der Waals surface area contributed by atoms with E-state index in [-0.39, 0.29) is 0 Å². The number of aryl methyl sites for hydroxylation is 1. The summed E-state index contributed by atoms with van der Waals surface area (Å²) in [5.74, 6) is 2.73. The Morgan fingerprint density at radius 3 is 2.24 bits per heavy atom. The zero-order valence-corrected chi connectivity index (χ0v) is 14.2. The Bertz CT molecular complexity index is 406. The Labute approximate surface area is 129 Å². The smallest absolute Gasteiger partial charge is 0.132 e. The minimum Gasteiger partial charge on any atom is -0.370 e. The van der Waals surface area contributed by atoms with E-state index in [4.69, 9.17) is 0 Å². The number of nitrogens with zero attached hydrogens (tertiary/aromatic N) is 3. The largest absolute Gasteiger partial charge is 0.370 e. The summed E-state index contributed by atoms with van der Waals surface area (Å²) in [6.07, 6.45) is 3.06. The second kappa shape index (κ2) is 9.55. The SMILES string of the molecule is CCCNc1cc(NCCCN(C)C(C)C)nc(CC)n1. The Morgan fingerprint density at radius 2 is 1.71 bits per heavy atom. The predicted molar refractivity (Wildman–Crippen MR) is 91.1 cm³/mol. The fraction of sp³-hybridized carbons (Fsp3) is 0.750. The zero-order valence-electron chi connectivity index (χ0n) is 14.2. The standard InChI is InChI=1S/C16H31N5/c1-6-9-17-15-12-16(20-14(7-2)19-15)18-10-8-11-21(5)13(3)4/h12-13H,6-11H2,1-5H3,(H2,17,18,19,20). The first-order valence-corrected chi connectivity index (χ1v) is 8.12. The van der Waals surface area contributed by atoms with Crippen LogP contribution in [0.15, 0.2) is 6.07 Å². The fourth-order valence-electron chi connectivity index (χ4n) is 1.89. The van der Waals surface area contributed by atoms with Gasteiger partial charge in [-0.05, 0) is 40.3 Å². The molecular formula is C16H31N5. The van der Waals surface area contributed by atoms with E-state index in [0.29, 0.717) is 6.04 Å². The molecule has 0 atom stereocenters. The molecule has 0 amide bonds. The molecule has 0 aliphatic rings. The predicted octanol–water partition coefficient (Wildman–Crippen LogP) is 3.00. The lowest BCUT2D eigenvalue weighted by Gasteiger charge is -2.20. The van der Waals surface area contributed by atoms with E-state index < -0.39 is 0 Å². The average Bonchev–Trinajstić information content (AvgIpc) is 2.48. The van der Waals surface area contributed by atoms with Gasteiger partial charge in [-0.15, -0.1) is 0 Å². The molecule has 1 rings (SSSR count). The number of nitrogens with one attached hydrogen (secondary N) is 2. The molecule has 0 aliphatic carbocycles. The van der Waals surface area contributed by atoms with Crippen molar-refractivity contribution >= 4 is 11.6 Å². The third-order valence-corrected chi connectivity index (χ3v) is 3.52. The van der Waals surface area contributed by atoms with Crippen LogP contribution < -0.4 is 10.6 Å². The molecular weight excluding hydrogens is 262 g/mol. The Morgan fingerprint density at radius 1 is 1.10 bits per heavy atom. The molecule has 1 aromatic heterocycles. The van der Waals surface area contributed by atoms with Crippen molar-refractivity contribution in [3.05, 3.63) is 11.9 Å². The first kappa shape index (κ1) is 17.7. The molecule has 0 fully saturated rings. The van der Waals surface area contributed by atoms with Gasteiger partial charge in [-0.25, -0.2) is 9.97 Å². The maximum absolute atomic E-state index is 4.54. The molecule has 21 heavy (non-hydrogen) atoms. The summed E-state index contributed by atoms with van der Waals surface area (Å²) in [5.41, 5.74) is 0. The second-order valence-electron chi connectivity index (χ2n) is 5.69. The van der Waals surface area contributed by atoms with Crippen LogP contribution >= 0.6 is 0 Å². The van der Waals surface area contributed by atoms with Gasteiger partial charge < -0.3 is 15.5 Å². The molecule has 0 radical (unpaired) electrons. The summed E-state index contributed by atoms with van der Waals surface area (Å²) < 4.78 is 0. The first-order valence-electron chi connectivity index (χ1n) is 8.12. The average molecular weight is 293 g/mol. The molecule has 120 valence electrons. The highest BCUT2D eigenvalue weighted by atomic mass is 15.1. The van der Waals surface area contributed by atoms with E-state index in [9.17, 15) is 0 Å². The van der Waals surface area contributed by atoms with Crippen LogP contribution in [-0.2, 0) is 6.42 Å². The molecule has 0 saturated carbocycles. The number of aromatic nitrogens is 2. The van der Waals surface area contributed by atoms with Crippen molar-refractivity contribution in [3.63, 3.8) is 0 Å². The molecule has 2 N–H and O–H groups in total. The lowest BCUT2D eigenvalue weighted by molar-refractivity contribution is 0.273. The van der Waals surface area contributed by atoms with Gasteiger partial charge in [0.2, 0.25) is 0 Å². The third-order valence-electron chi connectivity index (χ3n) is 3.52. The van der Waals surface area contributed by atoms with Crippen molar-refractivity contribution in [2.75, 3.05) is 37.3 Å². The maximum Gasteiger partial charge on any atom is 0.132 e. The molecule has 0 aliphatic heterocycles. The van der Waals surface area contributed by atoms with Gasteiger partial charge in [-0.3, -0.25) is 0 Å². The monoisotopic (exact) mass is 293 g/mol. The lowest BCUT2D eigenvalue weighted by atomic mass is 10.3. The number of hydrogen-bond donors (Lipinski definition) is 2. The van der Waals surface area contributed by atoms with E-state index in [1.54, 1.807) is 0 Å². The summed E-state index contributed by atoms with van der Waals surface area (Å²) in [5, 5.41) is 6.75. The van der Waals surface area contributed by atoms with E-state index in [1.165, 1.54) is 0 Å². The molecule has 5 nitrogen and oxygen atoms in total. The van der Waals surface area contributed by atoms with Gasteiger partial charge in [0, 0.05) is 31.6 Å². The quantitative estimate of drug-likeness (QED) is 0.650. The normalized spacial score (nSPS) is 11.2. The van der Waals surface area contributed by atoms with E-state index in [1.807, 2.05) is 6.07 Å². The number of hydrogen-bond acceptors (Lipinski definition) is 5. The molecule has 1 heterocycles. The lowest BCUT2D eigenvalue weighted by Crippen LogP contribution is -2.28. The molecule has 0 bridgehead atoms. The van der Waals surface area contributed by atoms with E-state index in [2.05, 4.69) is 60.2 Å². The van der Waals surface area contributed by atoms with Crippen molar-refractivity contribution in [1.29, 1.82) is 0 Å². The van der Waals surface area contributed by atoms with Crippen LogP contribution in [-0.4, -0.2) is 47.6 Å². The van der Waals surface area contributed by atoms with Gasteiger partial charge in [0.15, 0.2) is 0 Å². The maximum atomic E-state index is 4.54. The van der Waals surface area contributed by atoms with E-state index in [0.717, 1.165) is 56.4 Å². The molecule has 0 spiro atoms. The zero-order chi connectivity index (χ0) is 15.7. The van der Waals surface area contributed by atoms with Crippen molar-refractivity contribution in [1.82, 2.24) is 14.9 Å². The fourth-order valence-corrected chi connectivity index (χ4v) is 1.89. The van der Waals surface area contributed by atoms with Crippen LogP contribution in [0.25, 0.3) is 0 Å². The van der Waals surface area contributed by atoms with Crippen LogP contribution in [0.4, 0.5) is 11.6 Å². The van der Waals surface area contributed by atoms with Crippen molar-refractivity contribution < 1.29 is 0 Å². The van der Waals surface area contributed by atoms with Gasteiger partial charge in [0.25, 0.3) is 0 Å².